The van der Waals surface area contributed by atoms with E-state index in [0.717, 1.165) is 109 Å². The second kappa shape index (κ2) is 46.0. The molecule has 0 radical (unpaired) electrons. The van der Waals surface area contributed by atoms with Crippen LogP contribution in [-0.2, 0) is 28.6 Å². The van der Waals surface area contributed by atoms with Crippen molar-refractivity contribution >= 4 is 17.9 Å². The van der Waals surface area contributed by atoms with Crippen LogP contribution in [0.25, 0.3) is 0 Å². The molecule has 1 atom stereocenters. The Morgan fingerprint density at radius 2 is 0.776 bits per heavy atom. The van der Waals surface area contributed by atoms with Gasteiger partial charge in [-0.25, -0.2) is 0 Å². The minimum atomic E-state index is -0.805. The van der Waals surface area contributed by atoms with Gasteiger partial charge in [-0.1, -0.05) is 182 Å². The second-order valence-corrected chi connectivity index (χ2v) is 15.0. The highest BCUT2D eigenvalue weighted by Crippen LogP contribution is 2.12. The summed E-state index contributed by atoms with van der Waals surface area (Å²) in [6.07, 6.45) is 59.7. The van der Waals surface area contributed by atoms with Crippen LogP contribution in [0.5, 0.6) is 0 Å². The van der Waals surface area contributed by atoms with E-state index in [1.807, 2.05) is 24.3 Å². The Morgan fingerprint density at radius 1 is 0.379 bits per heavy atom. The Morgan fingerprint density at radius 3 is 1.34 bits per heavy atom. The van der Waals surface area contributed by atoms with E-state index in [9.17, 15) is 14.4 Å². The van der Waals surface area contributed by atoms with E-state index in [-0.39, 0.29) is 31.1 Å². The van der Waals surface area contributed by atoms with Gasteiger partial charge in [0, 0.05) is 19.3 Å². The highest BCUT2D eigenvalue weighted by Gasteiger charge is 2.19. The molecule has 0 aromatic carbocycles. The first kappa shape index (κ1) is 54.3. The highest BCUT2D eigenvalue weighted by molar-refractivity contribution is 5.71. The molecular formula is C52H84O6. The molecule has 0 spiro atoms. The van der Waals surface area contributed by atoms with E-state index < -0.39 is 6.10 Å². The van der Waals surface area contributed by atoms with E-state index >= 15 is 0 Å². The van der Waals surface area contributed by atoms with Gasteiger partial charge in [-0.3, -0.25) is 14.4 Å². The third-order valence-electron chi connectivity index (χ3n) is 9.40. The molecule has 0 rings (SSSR count). The lowest BCUT2D eigenvalue weighted by molar-refractivity contribution is -0.167. The van der Waals surface area contributed by atoms with Crippen LogP contribution in [0.3, 0.4) is 0 Å². The van der Waals surface area contributed by atoms with Gasteiger partial charge in [-0.2, -0.15) is 0 Å². The number of allylic oxidation sites excluding steroid dienone is 16. The maximum Gasteiger partial charge on any atom is 0.306 e. The monoisotopic (exact) mass is 805 g/mol. The van der Waals surface area contributed by atoms with Gasteiger partial charge in [0.1, 0.15) is 13.2 Å². The van der Waals surface area contributed by atoms with Crippen LogP contribution < -0.4 is 0 Å². The van der Waals surface area contributed by atoms with Crippen LogP contribution in [0.4, 0.5) is 0 Å². The predicted molar refractivity (Wildman–Crippen MR) is 247 cm³/mol. The summed E-state index contributed by atoms with van der Waals surface area (Å²) >= 11 is 0. The molecule has 0 heterocycles. The van der Waals surface area contributed by atoms with Gasteiger partial charge in [0.05, 0.1) is 0 Å². The molecule has 328 valence electrons. The summed E-state index contributed by atoms with van der Waals surface area (Å²) in [4.78, 5) is 37.7. The minimum absolute atomic E-state index is 0.104. The topological polar surface area (TPSA) is 78.9 Å². The zero-order chi connectivity index (χ0) is 42.3. The maximum absolute atomic E-state index is 12.7. The van der Waals surface area contributed by atoms with Crippen LogP contribution >= 0.6 is 0 Å². The normalized spacial score (nSPS) is 12.9. The molecular weight excluding hydrogens is 721 g/mol. The molecule has 0 fully saturated rings. The van der Waals surface area contributed by atoms with Gasteiger partial charge in [0.2, 0.25) is 0 Å². The van der Waals surface area contributed by atoms with Crippen LogP contribution in [0.1, 0.15) is 194 Å². The minimum Gasteiger partial charge on any atom is -0.462 e. The summed E-state index contributed by atoms with van der Waals surface area (Å²) in [6.45, 7) is 6.27. The van der Waals surface area contributed by atoms with Gasteiger partial charge in [-0.05, 0) is 89.9 Å². The zero-order valence-corrected chi connectivity index (χ0v) is 37.3. The van der Waals surface area contributed by atoms with Crippen molar-refractivity contribution in [2.24, 2.45) is 0 Å². The van der Waals surface area contributed by atoms with E-state index in [2.05, 4.69) is 93.7 Å². The smallest absolute Gasteiger partial charge is 0.306 e. The molecule has 0 N–H and O–H groups in total. The molecule has 6 heteroatoms. The number of carbonyl (C=O) groups excluding carboxylic acids is 3. The maximum atomic E-state index is 12.7. The molecule has 58 heavy (non-hydrogen) atoms. The van der Waals surface area contributed by atoms with Crippen molar-refractivity contribution in [3.05, 3.63) is 97.2 Å². The van der Waals surface area contributed by atoms with Gasteiger partial charge >= 0.3 is 17.9 Å². The largest absolute Gasteiger partial charge is 0.462 e. The van der Waals surface area contributed by atoms with E-state index in [1.54, 1.807) is 0 Å². The van der Waals surface area contributed by atoms with Crippen molar-refractivity contribution in [1.82, 2.24) is 0 Å². The first-order valence-corrected chi connectivity index (χ1v) is 23.3. The average Bonchev–Trinajstić information content (AvgIpc) is 3.22. The average molecular weight is 805 g/mol. The molecule has 6 nitrogen and oxygen atoms in total. The van der Waals surface area contributed by atoms with Crippen LogP contribution in [-0.4, -0.2) is 37.2 Å². The second-order valence-electron chi connectivity index (χ2n) is 15.0. The SMILES string of the molecule is CC\C=C/C=C\C=C/C=C\CCCCCCCC(=O)OC(COC(=O)CCC/C=C\CCCCCC)COC(=O)CCCCCCCC/C=C\C/C=C\C/C=C\CC. The molecule has 0 aliphatic rings. The molecule has 0 aromatic heterocycles. The van der Waals surface area contributed by atoms with Gasteiger partial charge in [0.25, 0.3) is 0 Å². The number of ether oxygens (including phenoxy) is 3. The number of hydrogen-bond donors (Lipinski definition) is 0. The van der Waals surface area contributed by atoms with Crippen LogP contribution in [0.15, 0.2) is 97.2 Å². The molecule has 0 bridgehead atoms. The Balaban J connectivity index is 4.46. The van der Waals surface area contributed by atoms with Crippen molar-refractivity contribution in [2.75, 3.05) is 13.2 Å². The Kier molecular flexibility index (Phi) is 43.1. The van der Waals surface area contributed by atoms with Gasteiger partial charge in [0.15, 0.2) is 6.10 Å². The van der Waals surface area contributed by atoms with Crippen LogP contribution in [0.2, 0.25) is 0 Å². The first-order valence-electron chi connectivity index (χ1n) is 23.3. The zero-order valence-electron chi connectivity index (χ0n) is 37.3. The summed E-state index contributed by atoms with van der Waals surface area (Å²) < 4.78 is 16.6. The summed E-state index contributed by atoms with van der Waals surface area (Å²) in [5, 5.41) is 0. The molecule has 0 saturated heterocycles. The summed E-state index contributed by atoms with van der Waals surface area (Å²) in [6, 6.07) is 0. The van der Waals surface area contributed by atoms with Gasteiger partial charge < -0.3 is 14.2 Å². The highest BCUT2D eigenvalue weighted by atomic mass is 16.6. The number of esters is 3. The lowest BCUT2D eigenvalue weighted by atomic mass is 10.1. The molecule has 0 aromatic rings. The molecule has 0 amide bonds. The summed E-state index contributed by atoms with van der Waals surface area (Å²) in [5.41, 5.74) is 0. The quantitative estimate of drug-likeness (QED) is 0.0202. The lowest BCUT2D eigenvalue weighted by Crippen LogP contribution is -2.30. The van der Waals surface area contributed by atoms with Crippen molar-refractivity contribution < 1.29 is 28.6 Å². The van der Waals surface area contributed by atoms with E-state index in [4.69, 9.17) is 14.2 Å². The Hall–Kier alpha value is -3.67. The van der Waals surface area contributed by atoms with Crippen molar-refractivity contribution in [1.29, 1.82) is 0 Å². The number of hydrogen-bond acceptors (Lipinski definition) is 6. The lowest BCUT2D eigenvalue weighted by Gasteiger charge is -2.18. The third kappa shape index (κ3) is 43.5. The van der Waals surface area contributed by atoms with Crippen molar-refractivity contribution in [3.63, 3.8) is 0 Å². The molecule has 1 unspecified atom stereocenters. The van der Waals surface area contributed by atoms with E-state index in [0.29, 0.717) is 25.7 Å². The number of carbonyl (C=O) groups is 3. The summed E-state index contributed by atoms with van der Waals surface area (Å²) in [7, 11) is 0. The molecule has 0 aliphatic heterocycles. The molecule has 0 aliphatic carbocycles. The molecule has 0 saturated carbocycles. The Labute approximate surface area is 356 Å². The third-order valence-corrected chi connectivity index (χ3v) is 9.40. The first-order chi connectivity index (χ1) is 28.5. The number of unbranched alkanes of at least 4 members (excludes halogenated alkanes) is 16. The summed E-state index contributed by atoms with van der Waals surface area (Å²) in [5.74, 6) is -0.986. The van der Waals surface area contributed by atoms with Gasteiger partial charge in [-0.15, -0.1) is 0 Å². The van der Waals surface area contributed by atoms with E-state index in [1.165, 1.54) is 38.5 Å². The van der Waals surface area contributed by atoms with Crippen molar-refractivity contribution in [2.45, 2.75) is 200 Å². The van der Waals surface area contributed by atoms with Crippen LogP contribution in [0, 0.1) is 0 Å². The fourth-order valence-corrected chi connectivity index (χ4v) is 5.94. The predicted octanol–water partition coefficient (Wildman–Crippen LogP) is 15.0. The number of rotatable bonds is 40. The Bertz CT molecular complexity index is 1200. The fraction of sp³-hybridized carbons (Fsp3) is 0.635. The van der Waals surface area contributed by atoms with Crippen molar-refractivity contribution in [3.8, 4) is 0 Å². The fourth-order valence-electron chi connectivity index (χ4n) is 5.94. The standard InChI is InChI=1S/C52H84O6/c1-4-7-10-13-16-19-21-23-25-27-28-30-33-36-39-42-45-51(54)57-48-49(47-56-50(53)44-41-38-35-32-18-15-12-9-6-3)58-52(55)46-43-40-37-34-31-29-26-24-22-20-17-14-11-8-5-2/h7-8,10-11,14,16-17,19-20,22-26,32,35,49H,4-6,9,12-13,15,18,21,27-31,33-34,36-48H2,1-3H3/b10-7-,11-8-,17-14-,19-16-,22-20-,25-23-,26-24-,35-32-.